The Balaban J connectivity index is 1.70. The van der Waals surface area contributed by atoms with Crippen LogP contribution in [-0.4, -0.2) is 34.0 Å². The molecular weight excluding hydrogens is 393 g/mol. The molecule has 9 heteroatoms. The van der Waals surface area contributed by atoms with Gasteiger partial charge in [-0.3, -0.25) is 10.1 Å². The zero-order valence-electron chi connectivity index (χ0n) is 15.1. The number of thiazole rings is 1. The molecule has 1 aromatic carbocycles. The van der Waals surface area contributed by atoms with Crippen LogP contribution in [0.3, 0.4) is 0 Å². The van der Waals surface area contributed by atoms with Crippen molar-refractivity contribution in [2.45, 2.75) is 39.3 Å². The molecule has 1 aliphatic heterocycles. The van der Waals surface area contributed by atoms with Gasteiger partial charge in [-0.2, -0.15) is 0 Å². The molecule has 0 radical (unpaired) electrons. The van der Waals surface area contributed by atoms with Gasteiger partial charge in [-0.15, -0.1) is 0 Å². The third kappa shape index (κ3) is 4.75. The van der Waals surface area contributed by atoms with Gasteiger partial charge in [0.05, 0.1) is 17.8 Å². The van der Waals surface area contributed by atoms with Crippen molar-refractivity contribution in [3.63, 3.8) is 0 Å². The van der Waals surface area contributed by atoms with Crippen LogP contribution in [0.1, 0.15) is 41.7 Å². The maximum Gasteiger partial charge on any atom is 0.410 e. The summed E-state index contributed by atoms with van der Waals surface area (Å²) in [6, 6.07) is 3.79. The second-order valence-electron chi connectivity index (χ2n) is 7.12. The Hall–Kier alpha value is -2.19. The molecule has 0 saturated heterocycles. The van der Waals surface area contributed by atoms with Crippen LogP contribution in [0.4, 0.5) is 14.3 Å². The molecule has 0 atom stereocenters. The fraction of sp³-hybridized carbons (Fsp3) is 0.389. The molecule has 0 spiro atoms. The summed E-state index contributed by atoms with van der Waals surface area (Å²) in [5.74, 6) is -1.28. The Morgan fingerprint density at radius 2 is 2.11 bits per heavy atom. The van der Waals surface area contributed by atoms with E-state index in [4.69, 9.17) is 16.3 Å². The first-order chi connectivity index (χ1) is 12.6. The molecule has 6 nitrogen and oxygen atoms in total. The molecule has 144 valence electrons. The highest BCUT2D eigenvalue weighted by molar-refractivity contribution is 7.15. The van der Waals surface area contributed by atoms with Crippen molar-refractivity contribution < 1.29 is 18.7 Å². The number of hydrogen-bond acceptors (Lipinski definition) is 5. The zero-order chi connectivity index (χ0) is 19.8. The predicted molar refractivity (Wildman–Crippen MR) is 102 cm³/mol. The molecule has 27 heavy (non-hydrogen) atoms. The van der Waals surface area contributed by atoms with E-state index in [1.807, 2.05) is 20.8 Å². The predicted octanol–water partition coefficient (Wildman–Crippen LogP) is 4.48. The third-order valence-corrected chi connectivity index (χ3v) is 5.01. The van der Waals surface area contributed by atoms with Crippen LogP contribution >= 0.6 is 22.9 Å². The SMILES string of the molecule is CC(C)(C)OC(=O)N1CCc2nc(NC(=O)c3cc(Cl)ccc3F)sc2C1. The van der Waals surface area contributed by atoms with Crippen LogP contribution in [0.5, 0.6) is 0 Å². The van der Waals surface area contributed by atoms with Crippen molar-refractivity contribution in [3.8, 4) is 0 Å². The normalized spacial score (nSPS) is 13.9. The molecule has 2 aromatic rings. The lowest BCUT2D eigenvalue weighted by Gasteiger charge is -2.29. The summed E-state index contributed by atoms with van der Waals surface area (Å²) in [4.78, 5) is 31.4. The lowest BCUT2D eigenvalue weighted by atomic mass is 10.2. The van der Waals surface area contributed by atoms with Crippen molar-refractivity contribution in [3.05, 3.63) is 45.2 Å². The number of benzene rings is 1. The van der Waals surface area contributed by atoms with Gasteiger partial charge in [-0.05, 0) is 39.0 Å². The summed E-state index contributed by atoms with van der Waals surface area (Å²) in [6.45, 7) is 6.30. The van der Waals surface area contributed by atoms with Gasteiger partial charge >= 0.3 is 6.09 Å². The molecular formula is C18H19ClFN3O3S. The molecule has 0 bridgehead atoms. The Kier molecular flexibility index (Phi) is 5.39. The molecule has 0 saturated carbocycles. The highest BCUT2D eigenvalue weighted by Crippen LogP contribution is 2.29. The van der Waals surface area contributed by atoms with E-state index in [0.717, 1.165) is 16.6 Å². The van der Waals surface area contributed by atoms with Gasteiger partial charge in [0.25, 0.3) is 5.91 Å². The van der Waals surface area contributed by atoms with Crippen LogP contribution in [0, 0.1) is 5.82 Å². The van der Waals surface area contributed by atoms with Gasteiger partial charge in [0.15, 0.2) is 5.13 Å². The molecule has 2 heterocycles. The molecule has 1 N–H and O–H groups in total. The Morgan fingerprint density at radius 3 is 2.81 bits per heavy atom. The number of carbonyl (C=O) groups excluding carboxylic acids is 2. The minimum absolute atomic E-state index is 0.147. The largest absolute Gasteiger partial charge is 0.444 e. The number of fused-ring (bicyclic) bond motifs is 1. The monoisotopic (exact) mass is 411 g/mol. The van der Waals surface area contributed by atoms with Gasteiger partial charge < -0.3 is 9.64 Å². The number of carbonyl (C=O) groups is 2. The Bertz CT molecular complexity index is 894. The first-order valence-corrected chi connectivity index (χ1v) is 9.55. The number of aromatic nitrogens is 1. The number of hydrogen-bond donors (Lipinski definition) is 1. The smallest absolute Gasteiger partial charge is 0.410 e. The molecule has 1 aromatic heterocycles. The van der Waals surface area contributed by atoms with Gasteiger partial charge in [-0.1, -0.05) is 22.9 Å². The second-order valence-corrected chi connectivity index (χ2v) is 8.64. The van der Waals surface area contributed by atoms with Crippen LogP contribution in [-0.2, 0) is 17.7 Å². The fourth-order valence-corrected chi connectivity index (χ4v) is 3.76. The van der Waals surface area contributed by atoms with Crippen molar-refractivity contribution in [2.24, 2.45) is 0 Å². The topological polar surface area (TPSA) is 71.5 Å². The quantitative estimate of drug-likeness (QED) is 0.790. The number of halogens is 2. The van der Waals surface area contributed by atoms with E-state index >= 15 is 0 Å². The average Bonchev–Trinajstić information content (AvgIpc) is 2.96. The number of anilines is 1. The molecule has 0 aliphatic carbocycles. The maximum absolute atomic E-state index is 13.8. The summed E-state index contributed by atoms with van der Waals surface area (Å²) in [7, 11) is 0. The molecule has 3 rings (SSSR count). The van der Waals surface area contributed by atoms with Crippen molar-refractivity contribution in [1.82, 2.24) is 9.88 Å². The van der Waals surface area contributed by atoms with Crippen LogP contribution < -0.4 is 5.32 Å². The Morgan fingerprint density at radius 1 is 1.37 bits per heavy atom. The maximum atomic E-state index is 13.8. The van der Waals surface area contributed by atoms with Gasteiger partial charge in [-0.25, -0.2) is 14.2 Å². The van der Waals surface area contributed by atoms with Crippen LogP contribution in [0.25, 0.3) is 0 Å². The number of amides is 2. The van der Waals surface area contributed by atoms with Gasteiger partial charge in [0.1, 0.15) is 11.4 Å². The lowest BCUT2D eigenvalue weighted by molar-refractivity contribution is 0.0225. The molecule has 2 amide bonds. The first kappa shape index (κ1) is 19.6. The molecule has 0 unspecified atom stereocenters. The van der Waals surface area contributed by atoms with Gasteiger partial charge in [0.2, 0.25) is 0 Å². The second kappa shape index (κ2) is 7.44. The van der Waals surface area contributed by atoms with Crippen molar-refractivity contribution >= 4 is 40.1 Å². The highest BCUT2D eigenvalue weighted by Gasteiger charge is 2.28. The van der Waals surface area contributed by atoms with Crippen LogP contribution in [0.2, 0.25) is 5.02 Å². The summed E-state index contributed by atoms with van der Waals surface area (Å²) >= 11 is 7.09. The van der Waals surface area contributed by atoms with E-state index in [9.17, 15) is 14.0 Å². The van der Waals surface area contributed by atoms with E-state index in [2.05, 4.69) is 10.3 Å². The summed E-state index contributed by atoms with van der Waals surface area (Å²) in [5.41, 5.74) is 0.110. The number of rotatable bonds is 2. The number of ether oxygens (including phenoxy) is 1. The van der Waals surface area contributed by atoms with E-state index in [-0.39, 0.29) is 16.7 Å². The van der Waals surface area contributed by atoms with Gasteiger partial charge in [0, 0.05) is 22.9 Å². The molecule has 0 fully saturated rings. The standard InChI is InChI=1S/C18H19ClFN3O3S/c1-18(2,3)26-17(25)23-7-6-13-14(9-23)27-16(21-13)22-15(24)11-8-10(19)4-5-12(11)20/h4-5,8H,6-7,9H2,1-3H3,(H,21,22,24). The summed E-state index contributed by atoms with van der Waals surface area (Å²) in [5, 5.41) is 3.23. The third-order valence-electron chi connectivity index (χ3n) is 3.78. The molecule has 1 aliphatic rings. The number of nitrogens with zero attached hydrogens (tertiary/aromatic N) is 2. The first-order valence-electron chi connectivity index (χ1n) is 8.35. The minimum Gasteiger partial charge on any atom is -0.444 e. The fourth-order valence-electron chi connectivity index (χ4n) is 2.57. The van der Waals surface area contributed by atoms with E-state index in [1.165, 1.54) is 23.5 Å². The zero-order valence-corrected chi connectivity index (χ0v) is 16.7. The van der Waals surface area contributed by atoms with E-state index in [1.54, 1.807) is 4.90 Å². The van der Waals surface area contributed by atoms with Crippen LogP contribution in [0.15, 0.2) is 18.2 Å². The van der Waals surface area contributed by atoms with E-state index < -0.39 is 17.3 Å². The summed E-state index contributed by atoms with van der Waals surface area (Å²) in [6.07, 6.45) is 0.181. The van der Waals surface area contributed by atoms with Crippen molar-refractivity contribution in [1.29, 1.82) is 0 Å². The average molecular weight is 412 g/mol. The van der Waals surface area contributed by atoms with E-state index in [0.29, 0.717) is 24.6 Å². The lowest BCUT2D eigenvalue weighted by Crippen LogP contribution is -2.39. The highest BCUT2D eigenvalue weighted by atomic mass is 35.5. The minimum atomic E-state index is -0.658. The number of nitrogens with one attached hydrogen (secondary N) is 1. The van der Waals surface area contributed by atoms with Crippen molar-refractivity contribution in [2.75, 3.05) is 11.9 Å². The summed E-state index contributed by atoms with van der Waals surface area (Å²) < 4.78 is 19.2. The Labute approximate surface area is 165 Å².